The summed E-state index contributed by atoms with van der Waals surface area (Å²) < 4.78 is 7.06. The van der Waals surface area contributed by atoms with Crippen molar-refractivity contribution in [1.29, 1.82) is 0 Å². The summed E-state index contributed by atoms with van der Waals surface area (Å²) in [4.78, 5) is 41.4. The number of aromatic nitrogens is 1. The van der Waals surface area contributed by atoms with E-state index in [1.54, 1.807) is 38.1 Å². The fourth-order valence-electron chi connectivity index (χ4n) is 4.50. The van der Waals surface area contributed by atoms with Gasteiger partial charge in [0.05, 0.1) is 18.7 Å². The lowest BCUT2D eigenvalue weighted by molar-refractivity contribution is -0.126. The second-order valence-corrected chi connectivity index (χ2v) is 9.30. The van der Waals surface area contributed by atoms with Crippen LogP contribution in [0.25, 0.3) is 10.9 Å². The van der Waals surface area contributed by atoms with Crippen molar-refractivity contribution >= 4 is 34.4 Å². The van der Waals surface area contributed by atoms with Gasteiger partial charge in [-0.15, -0.1) is 0 Å². The average Bonchev–Trinajstić information content (AvgIpc) is 3.18. The lowest BCUT2D eigenvalue weighted by Crippen LogP contribution is -2.64. The second-order valence-electron chi connectivity index (χ2n) is 9.30. The average molecular weight is 462 g/mol. The van der Waals surface area contributed by atoms with Gasteiger partial charge in [0.2, 0.25) is 5.91 Å². The molecule has 0 saturated carbocycles. The minimum atomic E-state index is -1.20. The summed E-state index contributed by atoms with van der Waals surface area (Å²) in [6.45, 7) is 8.79. The van der Waals surface area contributed by atoms with Gasteiger partial charge in [0.25, 0.3) is 5.91 Å². The number of para-hydroxylation sites is 1. The van der Waals surface area contributed by atoms with Crippen LogP contribution in [0.15, 0.2) is 54.6 Å². The van der Waals surface area contributed by atoms with E-state index in [0.29, 0.717) is 36.0 Å². The Balaban J connectivity index is 1.81. The van der Waals surface area contributed by atoms with Crippen LogP contribution in [0, 0.1) is 5.92 Å². The molecule has 1 N–H and O–H groups in total. The Morgan fingerprint density at radius 2 is 1.88 bits per heavy atom. The number of nitrogens with zero attached hydrogens (tertiary/aromatic N) is 2. The fourth-order valence-corrected chi connectivity index (χ4v) is 4.50. The SMILES string of the molecule is CCOC(=O)c1cccc(N2C(=O)c3cc4ccccc4n3C[C@@]2(C)C(=O)NCCC(C)C)c1. The third-order valence-electron chi connectivity index (χ3n) is 6.30. The fraction of sp³-hybridized carbons (Fsp3) is 0.370. The largest absolute Gasteiger partial charge is 0.462 e. The summed E-state index contributed by atoms with van der Waals surface area (Å²) in [6.07, 6.45) is 0.839. The van der Waals surface area contributed by atoms with Crippen molar-refractivity contribution in [3.05, 3.63) is 65.9 Å². The normalized spacial score (nSPS) is 17.7. The summed E-state index contributed by atoms with van der Waals surface area (Å²) in [5.41, 5.74) is 1.03. The smallest absolute Gasteiger partial charge is 0.338 e. The summed E-state index contributed by atoms with van der Waals surface area (Å²) in [6, 6.07) is 16.3. The molecule has 2 heterocycles. The molecule has 2 amide bonds. The van der Waals surface area contributed by atoms with Gasteiger partial charge in [0.1, 0.15) is 11.2 Å². The number of fused-ring (bicyclic) bond motifs is 3. The predicted octanol–water partition coefficient (Wildman–Crippen LogP) is 4.40. The van der Waals surface area contributed by atoms with Gasteiger partial charge in [-0.1, -0.05) is 38.1 Å². The quantitative estimate of drug-likeness (QED) is 0.529. The van der Waals surface area contributed by atoms with Gasteiger partial charge < -0.3 is 14.6 Å². The number of esters is 1. The number of anilines is 1. The van der Waals surface area contributed by atoms with Crippen LogP contribution in [0.3, 0.4) is 0 Å². The van der Waals surface area contributed by atoms with E-state index in [-0.39, 0.29) is 18.4 Å². The zero-order chi connectivity index (χ0) is 24.5. The summed E-state index contributed by atoms with van der Waals surface area (Å²) in [5.74, 6) is -0.541. The molecule has 3 aromatic rings. The van der Waals surface area contributed by atoms with E-state index in [4.69, 9.17) is 4.74 Å². The molecule has 4 rings (SSSR count). The topological polar surface area (TPSA) is 80.6 Å². The Morgan fingerprint density at radius 3 is 2.62 bits per heavy atom. The van der Waals surface area contributed by atoms with Crippen molar-refractivity contribution < 1.29 is 19.1 Å². The maximum absolute atomic E-state index is 13.9. The highest BCUT2D eigenvalue weighted by molar-refractivity contribution is 6.14. The first-order chi connectivity index (χ1) is 16.3. The minimum Gasteiger partial charge on any atom is -0.462 e. The number of hydrogen-bond donors (Lipinski definition) is 1. The number of benzene rings is 2. The van der Waals surface area contributed by atoms with Crippen LogP contribution in [0.1, 0.15) is 55.0 Å². The van der Waals surface area contributed by atoms with Crippen LogP contribution in [-0.2, 0) is 16.1 Å². The number of amides is 2. The molecule has 1 aromatic heterocycles. The zero-order valence-corrected chi connectivity index (χ0v) is 20.1. The molecular weight excluding hydrogens is 430 g/mol. The van der Waals surface area contributed by atoms with Crippen molar-refractivity contribution in [2.75, 3.05) is 18.1 Å². The molecule has 2 aromatic carbocycles. The molecule has 7 nitrogen and oxygen atoms in total. The van der Waals surface area contributed by atoms with E-state index < -0.39 is 11.5 Å². The van der Waals surface area contributed by atoms with Gasteiger partial charge >= 0.3 is 5.97 Å². The molecule has 0 bridgehead atoms. The zero-order valence-electron chi connectivity index (χ0n) is 20.1. The number of carbonyl (C=O) groups excluding carboxylic acids is 3. The van der Waals surface area contributed by atoms with Crippen molar-refractivity contribution in [3.63, 3.8) is 0 Å². The predicted molar refractivity (Wildman–Crippen MR) is 132 cm³/mol. The molecule has 0 aliphatic carbocycles. The third kappa shape index (κ3) is 4.18. The highest BCUT2D eigenvalue weighted by Gasteiger charge is 2.48. The first-order valence-corrected chi connectivity index (χ1v) is 11.7. The minimum absolute atomic E-state index is 0.230. The molecule has 0 saturated heterocycles. The Hall–Kier alpha value is -3.61. The molecule has 34 heavy (non-hydrogen) atoms. The van der Waals surface area contributed by atoms with E-state index in [1.165, 1.54) is 4.90 Å². The van der Waals surface area contributed by atoms with Gasteiger partial charge in [-0.2, -0.15) is 0 Å². The van der Waals surface area contributed by atoms with Crippen LogP contribution in [0.2, 0.25) is 0 Å². The number of carbonyl (C=O) groups is 3. The second kappa shape index (κ2) is 9.33. The van der Waals surface area contributed by atoms with Crippen molar-refractivity contribution in [3.8, 4) is 0 Å². The standard InChI is InChI=1S/C27H31N3O4/c1-5-34-25(32)20-10-8-11-21(15-20)30-24(31)23-16-19-9-6-7-12-22(19)29(23)17-27(30,4)26(33)28-14-13-18(2)3/h6-12,15-16,18H,5,13-14,17H2,1-4H3,(H,28,33)/t27-/m0/s1. The van der Waals surface area contributed by atoms with E-state index in [9.17, 15) is 14.4 Å². The Bertz CT molecular complexity index is 1250. The third-order valence-corrected chi connectivity index (χ3v) is 6.30. The Morgan fingerprint density at radius 1 is 1.12 bits per heavy atom. The van der Waals surface area contributed by atoms with Crippen molar-refractivity contribution in [1.82, 2.24) is 9.88 Å². The maximum Gasteiger partial charge on any atom is 0.338 e. The van der Waals surface area contributed by atoms with Gasteiger partial charge in [-0.25, -0.2) is 4.79 Å². The van der Waals surface area contributed by atoms with Gasteiger partial charge in [0.15, 0.2) is 0 Å². The van der Waals surface area contributed by atoms with Crippen LogP contribution in [-0.4, -0.2) is 41.0 Å². The summed E-state index contributed by atoms with van der Waals surface area (Å²) in [7, 11) is 0. The lowest BCUT2D eigenvalue weighted by Gasteiger charge is -2.44. The monoisotopic (exact) mass is 461 g/mol. The first kappa shape index (κ1) is 23.5. The maximum atomic E-state index is 13.9. The molecule has 1 aliphatic rings. The first-order valence-electron chi connectivity index (χ1n) is 11.7. The lowest BCUT2D eigenvalue weighted by atomic mass is 9.93. The summed E-state index contributed by atoms with van der Waals surface area (Å²) >= 11 is 0. The molecule has 1 atom stereocenters. The van der Waals surface area contributed by atoms with Crippen LogP contribution in [0.5, 0.6) is 0 Å². The molecule has 178 valence electrons. The Kier molecular flexibility index (Phi) is 6.46. The van der Waals surface area contributed by atoms with Gasteiger partial charge in [-0.05, 0) is 56.5 Å². The van der Waals surface area contributed by atoms with Crippen LogP contribution in [0.4, 0.5) is 5.69 Å². The summed E-state index contributed by atoms with van der Waals surface area (Å²) in [5, 5.41) is 3.98. The highest BCUT2D eigenvalue weighted by Crippen LogP contribution is 2.36. The van der Waals surface area contributed by atoms with Crippen molar-refractivity contribution in [2.45, 2.75) is 46.2 Å². The molecule has 0 spiro atoms. The number of rotatable bonds is 7. The van der Waals surface area contributed by atoms with Crippen LogP contribution < -0.4 is 10.2 Å². The molecule has 7 heteroatoms. The van der Waals surface area contributed by atoms with Gasteiger partial charge in [-0.3, -0.25) is 14.5 Å². The molecule has 0 radical (unpaired) electrons. The molecular formula is C27H31N3O4. The van der Waals surface area contributed by atoms with E-state index in [2.05, 4.69) is 19.2 Å². The van der Waals surface area contributed by atoms with E-state index in [1.807, 2.05) is 34.9 Å². The molecule has 1 aliphatic heterocycles. The van der Waals surface area contributed by atoms with E-state index >= 15 is 0 Å². The van der Waals surface area contributed by atoms with Crippen LogP contribution >= 0.6 is 0 Å². The Labute approximate surface area is 199 Å². The van der Waals surface area contributed by atoms with Crippen molar-refractivity contribution in [2.24, 2.45) is 5.92 Å². The number of hydrogen-bond acceptors (Lipinski definition) is 4. The molecule has 0 unspecified atom stereocenters. The molecule has 0 fully saturated rings. The number of ether oxygens (including phenoxy) is 1. The van der Waals surface area contributed by atoms with Gasteiger partial charge in [0, 0.05) is 23.1 Å². The highest BCUT2D eigenvalue weighted by atomic mass is 16.5. The van der Waals surface area contributed by atoms with E-state index in [0.717, 1.165) is 17.3 Å². The number of nitrogens with one attached hydrogen (secondary N) is 1.